The van der Waals surface area contributed by atoms with Gasteiger partial charge in [-0.25, -0.2) is 15.0 Å². The summed E-state index contributed by atoms with van der Waals surface area (Å²) in [4.78, 5) is 21.1. The number of thiazole rings is 1. The van der Waals surface area contributed by atoms with Crippen molar-refractivity contribution in [2.24, 2.45) is 0 Å². The Morgan fingerprint density at radius 2 is 1.81 bits per heavy atom. The molecule has 4 aromatic rings. The number of likely N-dealkylation sites (N-methyl/N-ethyl adjacent to an activating group) is 1. The van der Waals surface area contributed by atoms with Gasteiger partial charge in [-0.1, -0.05) is 48.6 Å². The second-order valence-electron chi connectivity index (χ2n) is 9.16. The van der Waals surface area contributed by atoms with Crippen LogP contribution in [0.3, 0.4) is 0 Å². The van der Waals surface area contributed by atoms with E-state index >= 15 is 0 Å². The summed E-state index contributed by atoms with van der Waals surface area (Å²) < 4.78 is 6.43. The molecule has 9 heteroatoms. The molecule has 0 saturated carbocycles. The second kappa shape index (κ2) is 11.7. The molecule has 1 saturated heterocycles. The lowest BCUT2D eigenvalue weighted by molar-refractivity contribution is 0.157. The number of nitrogen functional groups attached to an aromatic ring is 1. The van der Waals surface area contributed by atoms with Crippen LogP contribution in [0.4, 0.5) is 17.3 Å². The molecule has 4 heterocycles. The predicted molar refractivity (Wildman–Crippen MR) is 151 cm³/mol. The molecule has 0 radical (unpaired) electrons. The van der Waals surface area contributed by atoms with E-state index in [4.69, 9.17) is 20.4 Å². The van der Waals surface area contributed by atoms with Gasteiger partial charge in [0.1, 0.15) is 23.1 Å². The number of nitrogens with two attached hydrogens (primary N) is 1. The van der Waals surface area contributed by atoms with Gasteiger partial charge in [0.15, 0.2) is 0 Å². The minimum absolute atomic E-state index is 0.637. The van der Waals surface area contributed by atoms with Crippen LogP contribution in [0.15, 0.2) is 67.0 Å². The van der Waals surface area contributed by atoms with E-state index in [1.807, 2.05) is 42.5 Å². The molecule has 0 bridgehead atoms. The van der Waals surface area contributed by atoms with Gasteiger partial charge in [0.2, 0.25) is 5.06 Å². The van der Waals surface area contributed by atoms with Crippen molar-refractivity contribution >= 4 is 28.7 Å². The van der Waals surface area contributed by atoms with Gasteiger partial charge in [-0.2, -0.15) is 0 Å². The third-order valence-corrected chi connectivity index (χ3v) is 7.55. The van der Waals surface area contributed by atoms with E-state index in [0.29, 0.717) is 11.4 Å². The third-order valence-electron chi connectivity index (χ3n) is 6.48. The van der Waals surface area contributed by atoms with Crippen molar-refractivity contribution in [3.63, 3.8) is 0 Å². The zero-order valence-corrected chi connectivity index (χ0v) is 22.2. The highest BCUT2D eigenvalue weighted by Crippen LogP contribution is 2.39. The highest BCUT2D eigenvalue weighted by atomic mass is 32.1. The van der Waals surface area contributed by atoms with Gasteiger partial charge < -0.3 is 20.3 Å². The lowest BCUT2D eigenvalue weighted by atomic mass is 10.2. The molecule has 0 amide bonds. The number of aryl methyl sites for hydroxylation is 1. The summed E-state index contributed by atoms with van der Waals surface area (Å²) in [6.07, 6.45) is 4.33. The van der Waals surface area contributed by atoms with E-state index in [0.717, 1.165) is 78.7 Å². The van der Waals surface area contributed by atoms with Crippen molar-refractivity contribution in [3.05, 3.63) is 72.0 Å². The van der Waals surface area contributed by atoms with E-state index in [-0.39, 0.29) is 0 Å². The smallest absolute Gasteiger partial charge is 0.208 e. The zero-order valence-electron chi connectivity index (χ0n) is 21.4. The maximum Gasteiger partial charge on any atom is 0.208 e. The van der Waals surface area contributed by atoms with Crippen molar-refractivity contribution < 1.29 is 4.74 Å². The van der Waals surface area contributed by atoms with Crippen LogP contribution >= 0.6 is 11.3 Å². The Morgan fingerprint density at radius 1 is 1.00 bits per heavy atom. The molecule has 0 unspecified atom stereocenters. The summed E-state index contributed by atoms with van der Waals surface area (Å²) in [5.74, 6) is 2.31. The predicted octanol–water partition coefficient (Wildman–Crippen LogP) is 4.92. The van der Waals surface area contributed by atoms with Gasteiger partial charge in [-0.05, 0) is 31.7 Å². The normalized spacial score (nSPS) is 14.5. The first-order chi connectivity index (χ1) is 18.1. The number of hydrogen-bond acceptors (Lipinski definition) is 9. The number of benzene rings is 1. The van der Waals surface area contributed by atoms with Crippen LogP contribution in [0.5, 0.6) is 10.8 Å². The van der Waals surface area contributed by atoms with Crippen molar-refractivity contribution in [2.75, 3.05) is 56.9 Å². The van der Waals surface area contributed by atoms with Crippen molar-refractivity contribution in [1.29, 1.82) is 0 Å². The molecule has 2 N–H and O–H groups in total. The number of hydrogen-bond donors (Lipinski definition) is 1. The average molecular weight is 516 g/mol. The van der Waals surface area contributed by atoms with E-state index in [2.05, 4.69) is 45.8 Å². The molecule has 1 aliphatic rings. The highest BCUT2D eigenvalue weighted by Gasteiger charge is 2.19. The lowest BCUT2D eigenvalue weighted by Gasteiger charge is -2.34. The molecule has 5 rings (SSSR count). The molecule has 1 fully saturated rings. The van der Waals surface area contributed by atoms with Crippen LogP contribution in [0.1, 0.15) is 11.9 Å². The first-order valence-electron chi connectivity index (χ1n) is 12.7. The fraction of sp³-hybridized carbons (Fsp3) is 0.321. The molecular formula is C28H33N7OS. The monoisotopic (exact) mass is 515 g/mol. The Hall–Kier alpha value is -3.53. The molecule has 1 aromatic carbocycles. The van der Waals surface area contributed by atoms with Gasteiger partial charge in [-0.3, -0.25) is 4.90 Å². The molecule has 3 aromatic heterocycles. The van der Waals surface area contributed by atoms with Crippen molar-refractivity contribution in [3.8, 4) is 22.1 Å². The number of anilines is 3. The van der Waals surface area contributed by atoms with E-state index in [1.54, 1.807) is 23.7 Å². The summed E-state index contributed by atoms with van der Waals surface area (Å²) in [7, 11) is 2.17. The molecule has 0 spiro atoms. The van der Waals surface area contributed by atoms with E-state index in [9.17, 15) is 0 Å². The van der Waals surface area contributed by atoms with Gasteiger partial charge >= 0.3 is 0 Å². The third kappa shape index (κ3) is 6.25. The summed E-state index contributed by atoms with van der Waals surface area (Å²) >= 11 is 1.59. The van der Waals surface area contributed by atoms with E-state index in [1.165, 1.54) is 0 Å². The maximum absolute atomic E-state index is 6.43. The largest absolute Gasteiger partial charge is 0.444 e. The Bertz CT molecular complexity index is 1290. The maximum atomic E-state index is 6.43. The SMILES string of the molecule is CCc1nc(-c2ccccc2)c(Oc2ccnc(N(CCN3CCN(C)CC3)c3ccc(N)cn3)c2)s1. The van der Waals surface area contributed by atoms with Gasteiger partial charge in [0.25, 0.3) is 0 Å². The van der Waals surface area contributed by atoms with Crippen LogP contribution in [0, 0.1) is 0 Å². The van der Waals surface area contributed by atoms with Crippen molar-refractivity contribution in [1.82, 2.24) is 24.8 Å². The minimum Gasteiger partial charge on any atom is -0.444 e. The second-order valence-corrected chi connectivity index (χ2v) is 10.2. The zero-order chi connectivity index (χ0) is 25.6. The summed E-state index contributed by atoms with van der Waals surface area (Å²) in [5, 5.41) is 1.83. The fourth-order valence-electron chi connectivity index (χ4n) is 4.28. The first-order valence-corrected chi connectivity index (χ1v) is 13.5. The molecular weight excluding hydrogens is 482 g/mol. The summed E-state index contributed by atoms with van der Waals surface area (Å²) in [6.45, 7) is 8.07. The van der Waals surface area contributed by atoms with Crippen LogP contribution in [0.2, 0.25) is 0 Å². The van der Waals surface area contributed by atoms with Crippen LogP contribution in [0.25, 0.3) is 11.3 Å². The van der Waals surface area contributed by atoms with Crippen LogP contribution in [-0.2, 0) is 6.42 Å². The van der Waals surface area contributed by atoms with Crippen LogP contribution < -0.4 is 15.4 Å². The molecule has 1 aliphatic heterocycles. The Labute approximate surface area is 222 Å². The quantitative estimate of drug-likeness (QED) is 0.336. The van der Waals surface area contributed by atoms with E-state index < -0.39 is 0 Å². The standard InChI is InChI=1S/C28H33N7OS/c1-3-26-32-27(21-7-5-4-6-8-21)28(37-26)36-23-11-12-30-25(19-23)35(24-10-9-22(29)20-31-24)18-17-34-15-13-33(2)14-16-34/h4-12,19-20H,3,13-18,29H2,1-2H3. The molecule has 37 heavy (non-hydrogen) atoms. The Kier molecular flexibility index (Phi) is 7.93. The Balaban J connectivity index is 1.41. The lowest BCUT2D eigenvalue weighted by Crippen LogP contribution is -2.46. The minimum atomic E-state index is 0.637. The first kappa shape index (κ1) is 25.1. The Morgan fingerprint density at radius 3 is 2.54 bits per heavy atom. The average Bonchev–Trinajstić information content (AvgIpc) is 3.34. The fourth-order valence-corrected chi connectivity index (χ4v) is 5.18. The van der Waals surface area contributed by atoms with Crippen LogP contribution in [-0.4, -0.2) is 71.1 Å². The number of aromatic nitrogens is 3. The van der Waals surface area contributed by atoms with Gasteiger partial charge in [0, 0.05) is 57.1 Å². The van der Waals surface area contributed by atoms with Gasteiger partial charge in [0.05, 0.1) is 16.9 Å². The highest BCUT2D eigenvalue weighted by molar-refractivity contribution is 7.14. The number of nitrogens with zero attached hydrogens (tertiary/aromatic N) is 6. The molecule has 8 nitrogen and oxygen atoms in total. The number of ether oxygens (including phenoxy) is 1. The molecule has 0 aliphatic carbocycles. The summed E-state index contributed by atoms with van der Waals surface area (Å²) in [5.41, 5.74) is 8.47. The topological polar surface area (TPSA) is 83.6 Å². The number of pyridine rings is 2. The summed E-state index contributed by atoms with van der Waals surface area (Å²) in [6, 6.07) is 17.9. The van der Waals surface area contributed by atoms with Crippen molar-refractivity contribution in [2.45, 2.75) is 13.3 Å². The number of piperazine rings is 1. The number of rotatable bonds is 9. The van der Waals surface area contributed by atoms with Gasteiger partial charge in [-0.15, -0.1) is 0 Å². The molecule has 192 valence electrons. The molecule has 0 atom stereocenters.